The summed E-state index contributed by atoms with van der Waals surface area (Å²) < 4.78 is 41.0. The van der Waals surface area contributed by atoms with E-state index in [1.54, 1.807) is 6.07 Å². The third-order valence-electron chi connectivity index (χ3n) is 7.05. The molecule has 1 atom stereocenters. The summed E-state index contributed by atoms with van der Waals surface area (Å²) in [6.07, 6.45) is -0.0142. The van der Waals surface area contributed by atoms with E-state index in [1.807, 2.05) is 36.1 Å². The Bertz CT molecular complexity index is 980. The third-order valence-corrected chi connectivity index (χ3v) is 7.05. The Morgan fingerprint density at radius 2 is 1.79 bits per heavy atom. The minimum absolute atomic E-state index is 0.0949. The zero-order valence-electron chi connectivity index (χ0n) is 19.5. The van der Waals surface area contributed by atoms with E-state index in [9.17, 15) is 18.0 Å². The fourth-order valence-electron chi connectivity index (χ4n) is 5.27. The zero-order valence-corrected chi connectivity index (χ0v) is 19.5. The maximum absolute atomic E-state index is 13.7. The lowest BCUT2D eigenvalue weighted by molar-refractivity contribution is -0.137. The molecule has 0 saturated carbocycles. The van der Waals surface area contributed by atoms with Crippen LogP contribution >= 0.6 is 0 Å². The van der Waals surface area contributed by atoms with Crippen molar-refractivity contribution in [3.05, 3.63) is 64.7 Å². The fraction of sp³-hybridized carbons (Fsp3) is 0.519. The van der Waals surface area contributed by atoms with Crippen molar-refractivity contribution < 1.29 is 18.0 Å². The van der Waals surface area contributed by atoms with Crippen molar-refractivity contribution in [3.63, 3.8) is 0 Å². The van der Waals surface area contributed by atoms with E-state index >= 15 is 0 Å². The summed E-state index contributed by atoms with van der Waals surface area (Å²) in [4.78, 5) is 17.5. The first kappa shape index (κ1) is 23.8. The Morgan fingerprint density at radius 3 is 2.45 bits per heavy atom. The third kappa shape index (κ3) is 5.97. The lowest BCUT2D eigenvalue weighted by Crippen LogP contribution is -2.48. The molecule has 2 heterocycles. The number of anilines is 1. The number of halogens is 3. The number of hydrogen-bond donors (Lipinski definition) is 0. The van der Waals surface area contributed by atoms with Gasteiger partial charge in [0, 0.05) is 43.3 Å². The fourth-order valence-corrected chi connectivity index (χ4v) is 5.27. The Kier molecular flexibility index (Phi) is 7.13. The van der Waals surface area contributed by atoms with Crippen LogP contribution in [0.5, 0.6) is 0 Å². The predicted molar refractivity (Wildman–Crippen MR) is 126 cm³/mol. The molecule has 0 bridgehead atoms. The first-order valence-corrected chi connectivity index (χ1v) is 12.0. The van der Waals surface area contributed by atoms with Crippen molar-refractivity contribution in [3.8, 4) is 0 Å². The molecule has 2 saturated heterocycles. The molecule has 2 aliphatic heterocycles. The maximum Gasteiger partial charge on any atom is 0.416 e. The van der Waals surface area contributed by atoms with Gasteiger partial charge in [-0.2, -0.15) is 13.2 Å². The van der Waals surface area contributed by atoms with Crippen LogP contribution in [0.15, 0.2) is 42.5 Å². The predicted octanol–water partition coefficient (Wildman–Crippen LogP) is 6.14. The van der Waals surface area contributed by atoms with Crippen LogP contribution in [0.1, 0.15) is 59.7 Å². The number of carbonyl (C=O) groups excluding carboxylic acids is 1. The van der Waals surface area contributed by atoms with Crippen LogP contribution in [-0.4, -0.2) is 42.9 Å². The highest BCUT2D eigenvalue weighted by Gasteiger charge is 2.33. The SMILES string of the molecule is Cc1cccc(CC(=O)c2cc(N3CCC(N4CCCC(C)C4)CC3)cc(C(F)(F)F)c2)c1. The number of ketones is 1. The molecule has 33 heavy (non-hydrogen) atoms. The van der Waals surface area contributed by atoms with Crippen molar-refractivity contribution in [1.29, 1.82) is 0 Å². The van der Waals surface area contributed by atoms with Gasteiger partial charge in [-0.25, -0.2) is 0 Å². The normalized spacial score (nSPS) is 20.8. The molecule has 2 aromatic carbocycles. The molecule has 0 N–H and O–H groups in total. The first-order valence-electron chi connectivity index (χ1n) is 12.0. The second kappa shape index (κ2) is 9.88. The van der Waals surface area contributed by atoms with Crippen molar-refractivity contribution in [2.24, 2.45) is 5.92 Å². The lowest BCUT2D eigenvalue weighted by atomic mass is 9.94. The van der Waals surface area contributed by atoms with E-state index in [2.05, 4.69) is 11.8 Å². The Labute approximate surface area is 194 Å². The molecule has 2 aliphatic rings. The van der Waals surface area contributed by atoms with Crippen molar-refractivity contribution in [1.82, 2.24) is 4.90 Å². The van der Waals surface area contributed by atoms with Crippen LogP contribution in [0.2, 0.25) is 0 Å². The van der Waals surface area contributed by atoms with Gasteiger partial charge in [0.2, 0.25) is 0 Å². The lowest BCUT2D eigenvalue weighted by Gasteiger charge is -2.42. The summed E-state index contributed by atoms with van der Waals surface area (Å²) in [6.45, 7) is 7.89. The molecule has 1 unspecified atom stereocenters. The molecule has 4 rings (SSSR count). The molecular weight excluding hydrogens is 425 g/mol. The van der Waals surface area contributed by atoms with Gasteiger partial charge in [0.1, 0.15) is 0 Å². The van der Waals surface area contributed by atoms with E-state index < -0.39 is 11.7 Å². The molecule has 2 fully saturated rings. The average molecular weight is 459 g/mol. The second-order valence-corrected chi connectivity index (χ2v) is 9.82. The van der Waals surface area contributed by atoms with E-state index in [4.69, 9.17) is 0 Å². The summed E-state index contributed by atoms with van der Waals surface area (Å²) in [6, 6.07) is 11.9. The number of aryl methyl sites for hydroxylation is 1. The van der Waals surface area contributed by atoms with E-state index in [0.717, 1.165) is 43.1 Å². The van der Waals surface area contributed by atoms with Gasteiger partial charge in [-0.05, 0) is 68.8 Å². The summed E-state index contributed by atoms with van der Waals surface area (Å²) in [7, 11) is 0. The van der Waals surface area contributed by atoms with Crippen LogP contribution in [0.25, 0.3) is 0 Å². The van der Waals surface area contributed by atoms with Crippen molar-refractivity contribution >= 4 is 11.5 Å². The Hall–Kier alpha value is -2.34. The molecule has 3 nitrogen and oxygen atoms in total. The molecule has 2 aromatic rings. The molecule has 0 amide bonds. The Balaban J connectivity index is 1.51. The largest absolute Gasteiger partial charge is 0.416 e. The van der Waals surface area contributed by atoms with Crippen LogP contribution in [0.4, 0.5) is 18.9 Å². The maximum atomic E-state index is 13.7. The van der Waals surface area contributed by atoms with E-state index in [0.29, 0.717) is 30.7 Å². The van der Waals surface area contributed by atoms with Crippen LogP contribution in [-0.2, 0) is 12.6 Å². The highest BCUT2D eigenvalue weighted by atomic mass is 19.4. The average Bonchev–Trinajstić information content (AvgIpc) is 2.78. The molecule has 6 heteroatoms. The van der Waals surface area contributed by atoms with Crippen LogP contribution in [0.3, 0.4) is 0 Å². The van der Waals surface area contributed by atoms with Gasteiger partial charge in [0.25, 0.3) is 0 Å². The molecular formula is C27H33F3N2O. The van der Waals surface area contributed by atoms with Crippen LogP contribution in [0, 0.1) is 12.8 Å². The van der Waals surface area contributed by atoms with Gasteiger partial charge >= 0.3 is 6.18 Å². The summed E-state index contributed by atoms with van der Waals surface area (Å²) in [5, 5.41) is 0. The zero-order chi connectivity index (χ0) is 23.6. The number of benzene rings is 2. The van der Waals surface area contributed by atoms with Gasteiger partial charge in [0.15, 0.2) is 5.78 Å². The number of Topliss-reactive ketones (excluding diaryl/α,β-unsaturated/α-hetero) is 1. The summed E-state index contributed by atoms with van der Waals surface area (Å²) in [5.74, 6) is 0.423. The summed E-state index contributed by atoms with van der Waals surface area (Å²) >= 11 is 0. The van der Waals surface area contributed by atoms with E-state index in [1.165, 1.54) is 18.9 Å². The number of carbonyl (C=O) groups is 1. The highest BCUT2D eigenvalue weighted by Crippen LogP contribution is 2.35. The van der Waals surface area contributed by atoms with Gasteiger partial charge in [-0.3, -0.25) is 9.69 Å². The van der Waals surface area contributed by atoms with Crippen molar-refractivity contribution in [2.75, 3.05) is 31.1 Å². The first-order chi connectivity index (χ1) is 15.7. The Morgan fingerprint density at radius 1 is 1.03 bits per heavy atom. The minimum Gasteiger partial charge on any atom is -0.371 e. The summed E-state index contributed by atoms with van der Waals surface area (Å²) in [5.41, 5.74) is 1.72. The van der Waals surface area contributed by atoms with Gasteiger partial charge in [0.05, 0.1) is 5.56 Å². The van der Waals surface area contributed by atoms with Gasteiger partial charge in [-0.15, -0.1) is 0 Å². The molecule has 0 aliphatic carbocycles. The van der Waals surface area contributed by atoms with Crippen LogP contribution < -0.4 is 4.90 Å². The molecule has 0 radical (unpaired) electrons. The van der Waals surface area contributed by atoms with E-state index in [-0.39, 0.29) is 17.8 Å². The number of hydrogen-bond acceptors (Lipinski definition) is 3. The molecule has 0 aromatic heterocycles. The highest BCUT2D eigenvalue weighted by molar-refractivity contribution is 5.98. The van der Waals surface area contributed by atoms with Gasteiger partial charge < -0.3 is 4.90 Å². The number of piperidine rings is 2. The number of rotatable bonds is 5. The monoisotopic (exact) mass is 458 g/mol. The second-order valence-electron chi connectivity index (χ2n) is 9.82. The van der Waals surface area contributed by atoms with Gasteiger partial charge in [-0.1, -0.05) is 36.8 Å². The molecule has 178 valence electrons. The smallest absolute Gasteiger partial charge is 0.371 e. The number of nitrogens with zero attached hydrogens (tertiary/aromatic N) is 2. The number of likely N-dealkylation sites (tertiary alicyclic amines) is 1. The standard InChI is InChI=1S/C27H33F3N2O/c1-19-5-3-7-21(13-19)14-26(33)22-15-23(27(28,29)30)17-25(16-22)31-11-8-24(9-12-31)32-10-4-6-20(2)18-32/h3,5,7,13,15-17,20,24H,4,6,8-12,14,18H2,1-2H3. The van der Waals surface area contributed by atoms with Crippen molar-refractivity contribution in [2.45, 2.75) is 58.2 Å². The molecule has 0 spiro atoms. The quantitative estimate of drug-likeness (QED) is 0.503. The topological polar surface area (TPSA) is 23.6 Å². The minimum atomic E-state index is -4.49. The number of alkyl halides is 3.